The third-order valence-electron chi connectivity index (χ3n) is 3.53. The van der Waals surface area contributed by atoms with E-state index in [0.717, 1.165) is 11.1 Å². The summed E-state index contributed by atoms with van der Waals surface area (Å²) in [5.74, 6) is 4.38. The van der Waals surface area contributed by atoms with E-state index in [-0.39, 0.29) is 11.0 Å². The molecule has 0 aliphatic carbocycles. The molecule has 0 aliphatic heterocycles. The molecule has 0 aliphatic rings. The third-order valence-corrected chi connectivity index (χ3v) is 3.53. The fourth-order valence-electron chi connectivity index (χ4n) is 2.55. The second kappa shape index (κ2) is 5.92. The van der Waals surface area contributed by atoms with Gasteiger partial charge in [0.25, 0.3) is 0 Å². The Morgan fingerprint density at radius 1 is 0.952 bits per heavy atom. The van der Waals surface area contributed by atoms with E-state index in [1.807, 2.05) is 24.3 Å². The van der Waals surface area contributed by atoms with Crippen LogP contribution in [-0.4, -0.2) is 0 Å². The molecule has 0 spiro atoms. The molecule has 112 valence electrons. The molecule has 2 nitrogen and oxygen atoms in total. The van der Waals surface area contributed by atoms with E-state index in [2.05, 4.69) is 26.2 Å². The lowest BCUT2D eigenvalue weighted by molar-refractivity contribution is 0.499. The van der Waals surface area contributed by atoms with Crippen molar-refractivity contribution in [2.75, 3.05) is 0 Å². The Bertz CT molecular complexity index is 613. The lowest BCUT2D eigenvalue weighted by atomic mass is 9.80. The van der Waals surface area contributed by atoms with Gasteiger partial charge in [0.1, 0.15) is 11.6 Å². The molecule has 4 heteroatoms. The van der Waals surface area contributed by atoms with Crippen LogP contribution in [0.1, 0.15) is 43.5 Å². The fourth-order valence-corrected chi connectivity index (χ4v) is 2.55. The monoisotopic (exact) mass is 290 g/mol. The topological polar surface area (TPSA) is 38.0 Å². The molecule has 0 aromatic heterocycles. The maximum atomic E-state index is 14.1. The van der Waals surface area contributed by atoms with Crippen LogP contribution in [0, 0.1) is 11.6 Å². The Kier molecular flexibility index (Phi) is 4.40. The standard InChI is InChI=1S/C17H20F2N2/c1-17(2,3)12-8-5-4-7-11(12)16(21-20)15-13(18)9-6-10-14(15)19/h4-10,16,21H,20H2,1-3H3. The number of rotatable bonds is 3. The third kappa shape index (κ3) is 3.12. The molecule has 2 aromatic carbocycles. The molecule has 0 bridgehead atoms. The summed E-state index contributed by atoms with van der Waals surface area (Å²) < 4.78 is 28.1. The lowest BCUT2D eigenvalue weighted by Gasteiger charge is -2.27. The smallest absolute Gasteiger partial charge is 0.131 e. The largest absolute Gasteiger partial charge is 0.271 e. The summed E-state index contributed by atoms with van der Waals surface area (Å²) >= 11 is 0. The predicted molar refractivity (Wildman–Crippen MR) is 80.7 cm³/mol. The molecule has 0 radical (unpaired) electrons. The van der Waals surface area contributed by atoms with Crippen LogP contribution >= 0.6 is 0 Å². The first-order chi connectivity index (χ1) is 9.86. The molecule has 21 heavy (non-hydrogen) atoms. The molecule has 2 rings (SSSR count). The Morgan fingerprint density at radius 2 is 1.52 bits per heavy atom. The number of halogens is 2. The van der Waals surface area contributed by atoms with Crippen molar-refractivity contribution in [2.24, 2.45) is 5.84 Å². The van der Waals surface area contributed by atoms with E-state index in [0.29, 0.717) is 0 Å². The minimum Gasteiger partial charge on any atom is -0.271 e. The molecule has 3 N–H and O–H groups in total. The summed E-state index contributed by atoms with van der Waals surface area (Å²) in [6.07, 6.45) is 0. The molecule has 0 saturated carbocycles. The van der Waals surface area contributed by atoms with Gasteiger partial charge >= 0.3 is 0 Å². The Labute approximate surface area is 124 Å². The van der Waals surface area contributed by atoms with Crippen molar-refractivity contribution in [2.45, 2.75) is 32.2 Å². The zero-order valence-electron chi connectivity index (χ0n) is 12.5. The van der Waals surface area contributed by atoms with Gasteiger partial charge in [-0.3, -0.25) is 5.84 Å². The maximum absolute atomic E-state index is 14.1. The molecule has 1 unspecified atom stereocenters. The lowest BCUT2D eigenvalue weighted by Crippen LogP contribution is -2.32. The average Bonchev–Trinajstić information content (AvgIpc) is 2.42. The summed E-state index contributed by atoms with van der Waals surface area (Å²) in [5.41, 5.74) is 4.10. The summed E-state index contributed by atoms with van der Waals surface area (Å²) in [5, 5.41) is 0. The number of hydrogen-bond donors (Lipinski definition) is 2. The normalized spacial score (nSPS) is 13.2. The van der Waals surface area contributed by atoms with Crippen molar-refractivity contribution < 1.29 is 8.78 Å². The van der Waals surface area contributed by atoms with Crippen molar-refractivity contribution in [3.8, 4) is 0 Å². The van der Waals surface area contributed by atoms with Gasteiger partial charge in [-0.05, 0) is 28.7 Å². The van der Waals surface area contributed by atoms with E-state index in [9.17, 15) is 8.78 Å². The van der Waals surface area contributed by atoms with E-state index in [4.69, 9.17) is 5.84 Å². The van der Waals surface area contributed by atoms with Gasteiger partial charge in [-0.2, -0.15) is 0 Å². The summed E-state index contributed by atoms with van der Waals surface area (Å²) in [7, 11) is 0. The van der Waals surface area contributed by atoms with Gasteiger partial charge in [0.2, 0.25) is 0 Å². The van der Waals surface area contributed by atoms with Crippen LogP contribution in [0.25, 0.3) is 0 Å². The number of nitrogens with two attached hydrogens (primary N) is 1. The predicted octanol–water partition coefficient (Wildman–Crippen LogP) is 3.82. The van der Waals surface area contributed by atoms with Crippen molar-refractivity contribution in [3.05, 3.63) is 70.8 Å². The van der Waals surface area contributed by atoms with Crippen LogP contribution in [0.15, 0.2) is 42.5 Å². The average molecular weight is 290 g/mol. The zero-order chi connectivity index (χ0) is 15.6. The Hall–Kier alpha value is -1.78. The molecule has 0 fully saturated rings. The van der Waals surface area contributed by atoms with Crippen LogP contribution < -0.4 is 11.3 Å². The van der Waals surface area contributed by atoms with E-state index in [1.54, 1.807) is 0 Å². The SMILES string of the molecule is CC(C)(C)c1ccccc1C(NN)c1c(F)cccc1F. The van der Waals surface area contributed by atoms with Gasteiger partial charge in [-0.15, -0.1) is 0 Å². The van der Waals surface area contributed by atoms with Crippen LogP contribution in [0.3, 0.4) is 0 Å². The molecular formula is C17H20F2N2. The summed E-state index contributed by atoms with van der Waals surface area (Å²) in [4.78, 5) is 0. The van der Waals surface area contributed by atoms with Crippen molar-refractivity contribution in [1.82, 2.24) is 5.43 Å². The van der Waals surface area contributed by atoms with Crippen LogP contribution in [0.4, 0.5) is 8.78 Å². The zero-order valence-corrected chi connectivity index (χ0v) is 12.5. The quantitative estimate of drug-likeness (QED) is 0.666. The minimum atomic E-state index is -0.735. The highest BCUT2D eigenvalue weighted by Gasteiger charge is 2.26. The minimum absolute atomic E-state index is 0.0586. The second-order valence-electron chi connectivity index (χ2n) is 6.07. The van der Waals surface area contributed by atoms with Gasteiger partial charge in [0.05, 0.1) is 6.04 Å². The van der Waals surface area contributed by atoms with Crippen molar-refractivity contribution >= 4 is 0 Å². The summed E-state index contributed by atoms with van der Waals surface area (Å²) in [6, 6.07) is 10.6. The fraction of sp³-hybridized carbons (Fsp3) is 0.294. The van der Waals surface area contributed by atoms with Gasteiger partial charge < -0.3 is 0 Å². The number of hydrazine groups is 1. The van der Waals surface area contributed by atoms with Gasteiger partial charge in [-0.25, -0.2) is 14.2 Å². The number of hydrogen-bond acceptors (Lipinski definition) is 2. The molecule has 0 amide bonds. The maximum Gasteiger partial charge on any atom is 0.131 e. The molecular weight excluding hydrogens is 270 g/mol. The van der Waals surface area contributed by atoms with Crippen molar-refractivity contribution in [3.63, 3.8) is 0 Å². The first-order valence-corrected chi connectivity index (χ1v) is 6.85. The summed E-state index contributed by atoms with van der Waals surface area (Å²) in [6.45, 7) is 6.16. The van der Waals surface area contributed by atoms with E-state index < -0.39 is 17.7 Å². The first kappa shape index (κ1) is 15.6. The molecule has 1 atom stereocenters. The van der Waals surface area contributed by atoms with Crippen molar-refractivity contribution in [1.29, 1.82) is 0 Å². The van der Waals surface area contributed by atoms with Crippen LogP contribution in [0.5, 0.6) is 0 Å². The number of nitrogens with one attached hydrogen (secondary N) is 1. The Balaban J connectivity index is 2.63. The molecule has 2 aromatic rings. The van der Waals surface area contributed by atoms with Gasteiger partial charge in [0, 0.05) is 5.56 Å². The first-order valence-electron chi connectivity index (χ1n) is 6.85. The van der Waals surface area contributed by atoms with Crippen LogP contribution in [0.2, 0.25) is 0 Å². The highest BCUT2D eigenvalue weighted by Crippen LogP contribution is 2.34. The van der Waals surface area contributed by atoms with Gasteiger partial charge in [0.15, 0.2) is 0 Å². The van der Waals surface area contributed by atoms with E-state index in [1.165, 1.54) is 18.2 Å². The van der Waals surface area contributed by atoms with E-state index >= 15 is 0 Å². The van der Waals surface area contributed by atoms with Crippen LogP contribution in [-0.2, 0) is 5.41 Å². The Morgan fingerprint density at radius 3 is 2.05 bits per heavy atom. The van der Waals surface area contributed by atoms with Gasteiger partial charge in [-0.1, -0.05) is 51.1 Å². The highest BCUT2D eigenvalue weighted by molar-refractivity contribution is 5.41. The molecule has 0 heterocycles. The second-order valence-corrected chi connectivity index (χ2v) is 6.07. The number of benzene rings is 2. The molecule has 0 saturated heterocycles. The highest BCUT2D eigenvalue weighted by atomic mass is 19.1.